The van der Waals surface area contributed by atoms with E-state index in [1.165, 1.54) is 0 Å². The zero-order valence-electron chi connectivity index (χ0n) is 17.2. The maximum absolute atomic E-state index is 5.39. The van der Waals surface area contributed by atoms with Crippen molar-refractivity contribution >= 4 is 22.1 Å². The second kappa shape index (κ2) is 7.31. The maximum Gasteiger partial charge on any atom is 0.161 e. The molecule has 0 aliphatic rings. The number of ether oxygens (including phenoxy) is 1. The number of methoxy groups -OCH3 is 1. The Morgan fingerprint density at radius 3 is 2.53 bits per heavy atom. The van der Waals surface area contributed by atoms with Crippen molar-refractivity contribution in [3.05, 3.63) is 79.1 Å². The van der Waals surface area contributed by atoms with Gasteiger partial charge in [-0.1, -0.05) is 24.3 Å². The Kier molecular flexibility index (Phi) is 4.18. The third-order valence-corrected chi connectivity index (χ3v) is 5.50. The molecule has 6 rings (SSSR count). The summed E-state index contributed by atoms with van der Waals surface area (Å²) < 4.78 is 5.39. The molecule has 0 saturated heterocycles. The molecule has 4 aromatic heterocycles. The highest BCUT2D eigenvalue weighted by molar-refractivity contribution is 5.96. The normalized spacial score (nSPS) is 11.3. The minimum Gasteiger partial charge on any atom is -0.497 e. The van der Waals surface area contributed by atoms with Crippen molar-refractivity contribution in [3.63, 3.8) is 0 Å². The summed E-state index contributed by atoms with van der Waals surface area (Å²) in [7, 11) is 1.67. The lowest BCUT2D eigenvalue weighted by Crippen LogP contribution is -1.87. The van der Waals surface area contributed by atoms with Crippen LogP contribution in [-0.2, 0) is 0 Å². The molecule has 0 amide bonds. The summed E-state index contributed by atoms with van der Waals surface area (Å²) >= 11 is 0. The van der Waals surface area contributed by atoms with Crippen LogP contribution < -0.4 is 4.74 Å². The minimum atomic E-state index is 0.668. The Bertz CT molecular complexity index is 1570. The Labute approximate surface area is 183 Å². The van der Waals surface area contributed by atoms with Gasteiger partial charge in [0.25, 0.3) is 0 Å². The molecular formula is C25H18N6O. The number of hydrogen-bond donors (Lipinski definition) is 2. The Morgan fingerprint density at radius 1 is 0.781 bits per heavy atom. The van der Waals surface area contributed by atoms with Crippen molar-refractivity contribution in [2.24, 2.45) is 0 Å². The van der Waals surface area contributed by atoms with Gasteiger partial charge in [0.05, 0.1) is 29.4 Å². The van der Waals surface area contributed by atoms with Gasteiger partial charge in [0, 0.05) is 23.5 Å². The molecule has 0 atom stereocenters. The van der Waals surface area contributed by atoms with Gasteiger partial charge in [0.1, 0.15) is 11.3 Å². The number of nitrogens with zero attached hydrogens (tertiary/aromatic N) is 4. The van der Waals surface area contributed by atoms with E-state index < -0.39 is 0 Å². The zero-order chi connectivity index (χ0) is 21.5. The number of imidazole rings is 1. The molecule has 7 heteroatoms. The zero-order valence-corrected chi connectivity index (χ0v) is 17.2. The van der Waals surface area contributed by atoms with Crippen LogP contribution in [0.3, 0.4) is 0 Å². The van der Waals surface area contributed by atoms with Crippen LogP contribution in [0.1, 0.15) is 0 Å². The van der Waals surface area contributed by atoms with Crippen molar-refractivity contribution in [1.29, 1.82) is 0 Å². The fourth-order valence-corrected chi connectivity index (χ4v) is 3.92. The van der Waals surface area contributed by atoms with Crippen LogP contribution in [0.2, 0.25) is 0 Å². The minimum absolute atomic E-state index is 0.668. The number of para-hydroxylation sites is 1. The van der Waals surface area contributed by atoms with E-state index in [-0.39, 0.29) is 0 Å². The quantitative estimate of drug-likeness (QED) is 0.408. The lowest BCUT2D eigenvalue weighted by molar-refractivity contribution is 0.415. The SMILES string of the molecule is COc1cccc(-c2cccc3[nH]c(-c4n[nH]c5ccc(-c6ccncc6)nc45)nc23)c1. The lowest BCUT2D eigenvalue weighted by Gasteiger charge is -2.05. The first-order valence-electron chi connectivity index (χ1n) is 10.2. The average molecular weight is 418 g/mol. The van der Waals surface area contributed by atoms with Crippen LogP contribution >= 0.6 is 0 Å². The second-order valence-electron chi connectivity index (χ2n) is 7.42. The van der Waals surface area contributed by atoms with E-state index in [1.807, 2.05) is 54.6 Å². The third kappa shape index (κ3) is 2.99. The summed E-state index contributed by atoms with van der Waals surface area (Å²) in [5.74, 6) is 1.47. The summed E-state index contributed by atoms with van der Waals surface area (Å²) in [6.07, 6.45) is 3.52. The van der Waals surface area contributed by atoms with Crippen molar-refractivity contribution in [3.8, 4) is 39.7 Å². The van der Waals surface area contributed by atoms with Crippen molar-refractivity contribution < 1.29 is 4.74 Å². The predicted octanol–water partition coefficient (Wildman–Crippen LogP) is 5.24. The highest BCUT2D eigenvalue weighted by Gasteiger charge is 2.17. The van der Waals surface area contributed by atoms with Gasteiger partial charge < -0.3 is 9.72 Å². The first-order chi connectivity index (χ1) is 15.8. The third-order valence-electron chi connectivity index (χ3n) is 5.50. The van der Waals surface area contributed by atoms with Gasteiger partial charge in [-0.25, -0.2) is 9.97 Å². The summed E-state index contributed by atoms with van der Waals surface area (Å²) in [5.41, 5.74) is 8.03. The van der Waals surface area contributed by atoms with E-state index in [2.05, 4.69) is 32.3 Å². The second-order valence-corrected chi connectivity index (χ2v) is 7.42. The van der Waals surface area contributed by atoms with Crippen LogP contribution in [0.15, 0.2) is 79.1 Å². The van der Waals surface area contributed by atoms with Gasteiger partial charge in [-0.05, 0) is 48.0 Å². The average Bonchev–Trinajstić information content (AvgIpc) is 3.48. The lowest BCUT2D eigenvalue weighted by atomic mass is 10.0. The number of benzene rings is 2. The fourth-order valence-electron chi connectivity index (χ4n) is 3.92. The highest BCUT2D eigenvalue weighted by atomic mass is 16.5. The Hall–Kier alpha value is -4.52. The van der Waals surface area contributed by atoms with Crippen LogP contribution in [0.5, 0.6) is 5.75 Å². The van der Waals surface area contributed by atoms with Crippen LogP contribution in [0.4, 0.5) is 0 Å². The topological polar surface area (TPSA) is 92.4 Å². The van der Waals surface area contributed by atoms with Crippen molar-refractivity contribution in [2.45, 2.75) is 0 Å². The largest absolute Gasteiger partial charge is 0.497 e. The number of aromatic nitrogens is 6. The molecule has 4 heterocycles. The van der Waals surface area contributed by atoms with Gasteiger partial charge in [0.15, 0.2) is 11.5 Å². The van der Waals surface area contributed by atoms with E-state index >= 15 is 0 Å². The molecule has 32 heavy (non-hydrogen) atoms. The number of pyridine rings is 2. The summed E-state index contributed by atoms with van der Waals surface area (Å²) in [6, 6.07) is 21.9. The number of rotatable bonds is 4. The van der Waals surface area contributed by atoms with E-state index in [0.29, 0.717) is 11.5 Å². The molecule has 6 aromatic rings. The number of hydrogen-bond acceptors (Lipinski definition) is 5. The molecule has 0 saturated carbocycles. The Balaban J connectivity index is 1.50. The monoisotopic (exact) mass is 418 g/mol. The summed E-state index contributed by atoms with van der Waals surface area (Å²) in [6.45, 7) is 0. The van der Waals surface area contributed by atoms with Crippen molar-refractivity contribution in [2.75, 3.05) is 7.11 Å². The molecule has 0 fully saturated rings. The predicted molar refractivity (Wildman–Crippen MR) is 124 cm³/mol. The van der Waals surface area contributed by atoms with Crippen LogP contribution in [0.25, 0.3) is 56.0 Å². The highest BCUT2D eigenvalue weighted by Crippen LogP contribution is 2.32. The fraction of sp³-hybridized carbons (Fsp3) is 0.0400. The molecule has 0 aliphatic heterocycles. The molecule has 0 unspecified atom stereocenters. The summed E-state index contributed by atoms with van der Waals surface area (Å²) in [5, 5.41) is 7.58. The van der Waals surface area contributed by atoms with Gasteiger partial charge in [-0.15, -0.1) is 0 Å². The first-order valence-corrected chi connectivity index (χ1v) is 10.2. The molecule has 7 nitrogen and oxygen atoms in total. The molecule has 0 bridgehead atoms. The summed E-state index contributed by atoms with van der Waals surface area (Å²) in [4.78, 5) is 17.3. The van der Waals surface area contributed by atoms with E-state index in [0.717, 1.165) is 50.2 Å². The van der Waals surface area contributed by atoms with E-state index in [9.17, 15) is 0 Å². The van der Waals surface area contributed by atoms with Crippen LogP contribution in [-0.4, -0.2) is 37.2 Å². The van der Waals surface area contributed by atoms with Gasteiger partial charge >= 0.3 is 0 Å². The maximum atomic E-state index is 5.39. The van der Waals surface area contributed by atoms with E-state index in [1.54, 1.807) is 19.5 Å². The van der Waals surface area contributed by atoms with Gasteiger partial charge in [-0.2, -0.15) is 5.10 Å². The molecule has 0 spiro atoms. The number of H-pyrrole nitrogens is 2. The number of fused-ring (bicyclic) bond motifs is 2. The van der Waals surface area contributed by atoms with Crippen LogP contribution in [0, 0.1) is 0 Å². The molecule has 154 valence electrons. The van der Waals surface area contributed by atoms with Crippen molar-refractivity contribution in [1.82, 2.24) is 30.1 Å². The van der Waals surface area contributed by atoms with Gasteiger partial charge in [-0.3, -0.25) is 10.1 Å². The number of aromatic amines is 2. The molecular weight excluding hydrogens is 400 g/mol. The number of nitrogens with one attached hydrogen (secondary N) is 2. The smallest absolute Gasteiger partial charge is 0.161 e. The standard InChI is InChI=1S/C25H18N6O/c1-32-17-5-2-4-16(14-17)18-6-3-7-20-22(18)29-25(28-20)24-23-21(30-31-24)9-8-19(27-23)15-10-12-26-13-11-15/h2-14H,1H3,(H,28,29)(H,30,31). The molecule has 0 aliphatic carbocycles. The molecule has 0 radical (unpaired) electrons. The Morgan fingerprint density at radius 2 is 1.66 bits per heavy atom. The first kappa shape index (κ1) is 18.3. The molecule has 2 N–H and O–H groups in total. The molecule has 2 aromatic carbocycles. The van der Waals surface area contributed by atoms with Gasteiger partial charge in [0.2, 0.25) is 0 Å². The van der Waals surface area contributed by atoms with E-state index in [4.69, 9.17) is 14.7 Å².